The quantitative estimate of drug-likeness (QED) is 0.745. The van der Waals surface area contributed by atoms with Crippen LogP contribution in [0.4, 0.5) is 4.39 Å². The Labute approximate surface area is 151 Å². The maximum Gasteiger partial charge on any atom is 0.251 e. The van der Waals surface area contributed by atoms with Crippen LogP contribution in [0.3, 0.4) is 0 Å². The van der Waals surface area contributed by atoms with E-state index in [1.54, 1.807) is 4.90 Å². The van der Waals surface area contributed by atoms with Crippen molar-refractivity contribution in [3.8, 4) is 0 Å². The summed E-state index contributed by atoms with van der Waals surface area (Å²) in [5, 5.41) is 5.51. The first-order chi connectivity index (χ1) is 12.5. The summed E-state index contributed by atoms with van der Waals surface area (Å²) >= 11 is 0. The number of carbonyl (C=O) groups is 3. The molecule has 2 aliphatic rings. The Balaban J connectivity index is 1.37. The maximum atomic E-state index is 12.9. The van der Waals surface area contributed by atoms with Gasteiger partial charge in [-0.25, -0.2) is 4.39 Å². The SMILES string of the molecule is O=C(CN1CCN(C(=O)CNC(=O)c2ccc(F)cc2)CC1)NC1CC1. The first-order valence-corrected chi connectivity index (χ1v) is 8.84. The minimum absolute atomic E-state index is 0.0406. The van der Waals surface area contributed by atoms with Crippen LogP contribution in [-0.4, -0.2) is 72.8 Å². The summed E-state index contributed by atoms with van der Waals surface area (Å²) in [5.74, 6) is -0.948. The highest BCUT2D eigenvalue weighted by atomic mass is 19.1. The Hall–Kier alpha value is -2.48. The molecule has 26 heavy (non-hydrogen) atoms. The van der Waals surface area contributed by atoms with Gasteiger partial charge in [0.25, 0.3) is 5.91 Å². The summed E-state index contributed by atoms with van der Waals surface area (Å²) in [6.45, 7) is 2.59. The van der Waals surface area contributed by atoms with E-state index < -0.39 is 11.7 Å². The van der Waals surface area contributed by atoms with Crippen LogP contribution < -0.4 is 10.6 Å². The first kappa shape index (κ1) is 18.3. The van der Waals surface area contributed by atoms with Crippen LogP contribution in [-0.2, 0) is 9.59 Å². The Morgan fingerprint density at radius 2 is 1.69 bits per heavy atom. The minimum atomic E-state index is -0.415. The zero-order valence-corrected chi connectivity index (χ0v) is 14.5. The highest BCUT2D eigenvalue weighted by Gasteiger charge is 2.26. The number of halogens is 1. The molecule has 3 amide bonds. The summed E-state index contributed by atoms with van der Waals surface area (Å²) in [4.78, 5) is 39.7. The Bertz CT molecular complexity index is 668. The lowest BCUT2D eigenvalue weighted by Crippen LogP contribution is -2.53. The van der Waals surface area contributed by atoms with E-state index in [0.717, 1.165) is 12.8 Å². The fourth-order valence-electron chi connectivity index (χ4n) is 2.83. The zero-order valence-electron chi connectivity index (χ0n) is 14.5. The molecular weight excluding hydrogens is 339 g/mol. The molecule has 0 unspecified atom stereocenters. The van der Waals surface area contributed by atoms with E-state index in [-0.39, 0.29) is 18.4 Å². The van der Waals surface area contributed by atoms with Crippen molar-refractivity contribution in [1.82, 2.24) is 20.4 Å². The molecule has 140 valence electrons. The Morgan fingerprint density at radius 3 is 2.31 bits per heavy atom. The largest absolute Gasteiger partial charge is 0.352 e. The van der Waals surface area contributed by atoms with Gasteiger partial charge in [0.15, 0.2) is 0 Å². The molecule has 0 bridgehead atoms. The summed E-state index contributed by atoms with van der Waals surface area (Å²) in [6, 6.07) is 5.52. The van der Waals surface area contributed by atoms with Crippen LogP contribution in [0.2, 0.25) is 0 Å². The maximum absolute atomic E-state index is 12.9. The van der Waals surface area contributed by atoms with Crippen LogP contribution >= 0.6 is 0 Å². The van der Waals surface area contributed by atoms with Gasteiger partial charge in [-0.3, -0.25) is 19.3 Å². The lowest BCUT2D eigenvalue weighted by atomic mass is 10.2. The molecule has 1 aliphatic carbocycles. The number of nitrogens with zero attached hydrogens (tertiary/aromatic N) is 2. The van der Waals surface area contributed by atoms with Crippen LogP contribution in [0.15, 0.2) is 24.3 Å². The third kappa shape index (κ3) is 5.26. The number of piperazine rings is 1. The Morgan fingerprint density at radius 1 is 1.04 bits per heavy atom. The van der Waals surface area contributed by atoms with Crippen molar-refractivity contribution >= 4 is 17.7 Å². The van der Waals surface area contributed by atoms with E-state index in [1.807, 2.05) is 4.90 Å². The van der Waals surface area contributed by atoms with Crippen LogP contribution in [0, 0.1) is 5.82 Å². The van der Waals surface area contributed by atoms with Crippen molar-refractivity contribution in [3.05, 3.63) is 35.6 Å². The van der Waals surface area contributed by atoms with Gasteiger partial charge in [0, 0.05) is 37.8 Å². The molecule has 7 nitrogen and oxygen atoms in total. The number of hydrogen-bond acceptors (Lipinski definition) is 4. The number of benzene rings is 1. The van der Waals surface area contributed by atoms with Gasteiger partial charge in [-0.15, -0.1) is 0 Å². The highest BCUT2D eigenvalue weighted by Crippen LogP contribution is 2.18. The Kier molecular flexibility index (Phi) is 5.82. The molecule has 1 saturated carbocycles. The van der Waals surface area contributed by atoms with Crippen molar-refractivity contribution in [2.24, 2.45) is 0 Å². The second-order valence-corrected chi connectivity index (χ2v) is 6.69. The van der Waals surface area contributed by atoms with Crippen LogP contribution in [0.5, 0.6) is 0 Å². The van der Waals surface area contributed by atoms with E-state index in [0.29, 0.717) is 44.3 Å². The molecule has 0 atom stereocenters. The van der Waals surface area contributed by atoms with Gasteiger partial charge >= 0.3 is 0 Å². The summed E-state index contributed by atoms with van der Waals surface area (Å²) in [7, 11) is 0. The first-order valence-electron chi connectivity index (χ1n) is 8.84. The van der Waals surface area contributed by atoms with Gasteiger partial charge in [-0.2, -0.15) is 0 Å². The average Bonchev–Trinajstić information content (AvgIpc) is 3.44. The van der Waals surface area contributed by atoms with Crippen molar-refractivity contribution in [1.29, 1.82) is 0 Å². The van der Waals surface area contributed by atoms with Gasteiger partial charge in [-0.1, -0.05) is 0 Å². The van der Waals surface area contributed by atoms with Crippen molar-refractivity contribution in [3.63, 3.8) is 0 Å². The summed E-state index contributed by atoms with van der Waals surface area (Å²) in [6.07, 6.45) is 2.13. The number of carbonyl (C=O) groups excluding carboxylic acids is 3. The standard InChI is InChI=1S/C18H23FN4O3/c19-14-3-1-13(2-4-14)18(26)20-11-17(25)23-9-7-22(8-10-23)12-16(24)21-15-5-6-15/h1-4,15H,5-12H2,(H,20,26)(H,21,24). The molecule has 3 rings (SSSR count). The zero-order chi connectivity index (χ0) is 18.5. The smallest absolute Gasteiger partial charge is 0.251 e. The lowest BCUT2D eigenvalue weighted by molar-refractivity contribution is -0.132. The van der Waals surface area contributed by atoms with E-state index in [9.17, 15) is 18.8 Å². The molecule has 1 heterocycles. The summed E-state index contributed by atoms with van der Waals surface area (Å²) in [5.41, 5.74) is 0.311. The van der Waals surface area contributed by atoms with Crippen LogP contribution in [0.25, 0.3) is 0 Å². The second kappa shape index (κ2) is 8.27. The minimum Gasteiger partial charge on any atom is -0.352 e. The fraction of sp³-hybridized carbons (Fsp3) is 0.500. The molecule has 1 saturated heterocycles. The third-order valence-corrected chi connectivity index (χ3v) is 4.54. The van der Waals surface area contributed by atoms with Gasteiger partial charge in [0.1, 0.15) is 5.82 Å². The fourth-order valence-corrected chi connectivity index (χ4v) is 2.83. The molecule has 8 heteroatoms. The molecule has 1 aromatic carbocycles. The van der Waals surface area contributed by atoms with E-state index in [4.69, 9.17) is 0 Å². The van der Waals surface area contributed by atoms with Crippen molar-refractivity contribution in [2.75, 3.05) is 39.3 Å². The molecule has 0 radical (unpaired) electrons. The van der Waals surface area contributed by atoms with Gasteiger partial charge in [-0.05, 0) is 37.1 Å². The van der Waals surface area contributed by atoms with Crippen molar-refractivity contribution in [2.45, 2.75) is 18.9 Å². The molecule has 0 aromatic heterocycles. The van der Waals surface area contributed by atoms with Gasteiger partial charge in [0.2, 0.25) is 11.8 Å². The molecule has 2 fully saturated rings. The van der Waals surface area contributed by atoms with Crippen molar-refractivity contribution < 1.29 is 18.8 Å². The number of amides is 3. The molecule has 0 spiro atoms. The number of hydrogen-bond donors (Lipinski definition) is 2. The molecule has 1 aliphatic heterocycles. The van der Waals surface area contributed by atoms with E-state index in [1.165, 1.54) is 24.3 Å². The topological polar surface area (TPSA) is 81.8 Å². The van der Waals surface area contributed by atoms with Gasteiger partial charge in [0.05, 0.1) is 13.1 Å². The highest BCUT2D eigenvalue weighted by molar-refractivity contribution is 5.96. The van der Waals surface area contributed by atoms with Crippen LogP contribution in [0.1, 0.15) is 23.2 Å². The third-order valence-electron chi connectivity index (χ3n) is 4.54. The monoisotopic (exact) mass is 362 g/mol. The molecular formula is C18H23FN4O3. The van der Waals surface area contributed by atoms with Gasteiger partial charge < -0.3 is 15.5 Å². The average molecular weight is 362 g/mol. The normalized spacial score (nSPS) is 17.7. The molecule has 1 aromatic rings. The predicted molar refractivity (Wildman–Crippen MR) is 92.9 cm³/mol. The molecule has 2 N–H and O–H groups in total. The predicted octanol–water partition coefficient (Wildman–Crippen LogP) is -0.0217. The summed E-state index contributed by atoms with van der Waals surface area (Å²) < 4.78 is 12.9. The lowest BCUT2D eigenvalue weighted by Gasteiger charge is -2.34. The number of nitrogens with one attached hydrogen (secondary N) is 2. The number of rotatable bonds is 6. The second-order valence-electron chi connectivity index (χ2n) is 6.69. The van der Waals surface area contributed by atoms with E-state index >= 15 is 0 Å². The van der Waals surface area contributed by atoms with E-state index in [2.05, 4.69) is 10.6 Å².